The zero-order valence-corrected chi connectivity index (χ0v) is 13.5. The van der Waals surface area contributed by atoms with Gasteiger partial charge < -0.3 is 0 Å². The summed E-state index contributed by atoms with van der Waals surface area (Å²) in [5.41, 5.74) is 0.660. The van der Waals surface area contributed by atoms with Crippen molar-refractivity contribution >= 4 is 17.3 Å². The lowest BCUT2D eigenvalue weighted by atomic mass is 9.47. The molecule has 0 aromatic rings. The number of hydrogen-bond donors (Lipinski definition) is 0. The first-order chi connectivity index (χ1) is 10.4. The number of Topliss-reactive ketones (excluding diaryl/α,β-unsaturated/α-hetero) is 2. The fourth-order valence-corrected chi connectivity index (χ4v) is 6.16. The van der Waals surface area contributed by atoms with E-state index in [-0.39, 0.29) is 22.9 Å². The molecule has 22 heavy (non-hydrogen) atoms. The zero-order chi connectivity index (χ0) is 15.7. The van der Waals surface area contributed by atoms with Crippen molar-refractivity contribution in [2.75, 3.05) is 0 Å². The highest BCUT2D eigenvalue weighted by molar-refractivity contribution is 5.96. The fourth-order valence-electron chi connectivity index (χ4n) is 6.16. The molecule has 0 saturated heterocycles. The molecule has 0 bridgehead atoms. The molecule has 3 saturated carbocycles. The number of rotatable bonds is 0. The fraction of sp³-hybridized carbons (Fsp3) is 0.737. The summed E-state index contributed by atoms with van der Waals surface area (Å²) in [5, 5.41) is 0. The number of carbonyl (C=O) groups is 3. The highest BCUT2D eigenvalue weighted by atomic mass is 16.1. The van der Waals surface area contributed by atoms with Crippen LogP contribution in [-0.2, 0) is 14.4 Å². The summed E-state index contributed by atoms with van der Waals surface area (Å²) in [6.07, 6.45) is 7.12. The van der Waals surface area contributed by atoms with Gasteiger partial charge in [-0.2, -0.15) is 0 Å². The number of allylic oxidation sites excluding steroid dienone is 1. The van der Waals surface area contributed by atoms with E-state index < -0.39 is 5.41 Å². The minimum Gasteiger partial charge on any atom is -0.299 e. The number of ketones is 3. The van der Waals surface area contributed by atoms with Crippen molar-refractivity contribution in [3.8, 4) is 0 Å². The molecule has 3 heteroatoms. The summed E-state index contributed by atoms with van der Waals surface area (Å²) in [4.78, 5) is 37.1. The molecule has 3 nitrogen and oxygen atoms in total. The maximum absolute atomic E-state index is 13.0. The van der Waals surface area contributed by atoms with Crippen LogP contribution in [0.4, 0.5) is 0 Å². The van der Waals surface area contributed by atoms with Crippen LogP contribution in [0.2, 0.25) is 0 Å². The van der Waals surface area contributed by atoms with Gasteiger partial charge in [-0.05, 0) is 49.0 Å². The Kier molecular flexibility index (Phi) is 2.87. The Balaban J connectivity index is 1.77. The van der Waals surface area contributed by atoms with Crippen LogP contribution in [0.5, 0.6) is 0 Å². The summed E-state index contributed by atoms with van der Waals surface area (Å²) in [6, 6.07) is 0. The van der Waals surface area contributed by atoms with Gasteiger partial charge in [0.05, 0.1) is 0 Å². The average molecular weight is 300 g/mol. The van der Waals surface area contributed by atoms with Crippen LogP contribution in [0, 0.1) is 28.6 Å². The molecular formula is C19H24O3. The molecule has 4 aliphatic rings. The normalized spacial score (nSPS) is 47.6. The van der Waals surface area contributed by atoms with Gasteiger partial charge in [0.2, 0.25) is 0 Å². The van der Waals surface area contributed by atoms with E-state index in [0.717, 1.165) is 25.7 Å². The molecule has 4 aliphatic carbocycles. The maximum Gasteiger partial charge on any atom is 0.155 e. The van der Waals surface area contributed by atoms with Crippen molar-refractivity contribution in [3.63, 3.8) is 0 Å². The molecule has 5 atom stereocenters. The van der Waals surface area contributed by atoms with E-state index in [9.17, 15) is 14.4 Å². The molecule has 0 aliphatic heterocycles. The third-order valence-electron chi connectivity index (χ3n) is 7.36. The topological polar surface area (TPSA) is 51.2 Å². The lowest BCUT2D eigenvalue weighted by Gasteiger charge is -2.55. The third-order valence-corrected chi connectivity index (χ3v) is 7.36. The maximum atomic E-state index is 13.0. The largest absolute Gasteiger partial charge is 0.299 e. The molecule has 0 aromatic heterocycles. The quantitative estimate of drug-likeness (QED) is 0.690. The number of fused-ring (bicyclic) bond motifs is 5. The van der Waals surface area contributed by atoms with Gasteiger partial charge in [0.15, 0.2) is 5.78 Å². The van der Waals surface area contributed by atoms with Crippen molar-refractivity contribution in [2.45, 2.75) is 58.8 Å². The molecule has 118 valence electrons. The highest BCUT2D eigenvalue weighted by Crippen LogP contribution is 2.63. The predicted octanol–water partition coefficient (Wildman–Crippen LogP) is 3.27. The van der Waals surface area contributed by atoms with Gasteiger partial charge in [-0.3, -0.25) is 14.4 Å². The van der Waals surface area contributed by atoms with Crippen LogP contribution < -0.4 is 0 Å². The van der Waals surface area contributed by atoms with Gasteiger partial charge in [0.1, 0.15) is 11.6 Å². The molecule has 0 unspecified atom stereocenters. The first-order valence-electron chi connectivity index (χ1n) is 8.66. The molecule has 0 amide bonds. The minimum absolute atomic E-state index is 0.0320. The minimum atomic E-state index is -0.402. The van der Waals surface area contributed by atoms with Gasteiger partial charge in [0.25, 0.3) is 0 Å². The Morgan fingerprint density at radius 1 is 1.00 bits per heavy atom. The van der Waals surface area contributed by atoms with E-state index in [2.05, 4.69) is 6.92 Å². The summed E-state index contributed by atoms with van der Waals surface area (Å²) in [5.74, 6) is 1.54. The molecular weight excluding hydrogens is 276 g/mol. The van der Waals surface area contributed by atoms with E-state index >= 15 is 0 Å². The summed E-state index contributed by atoms with van der Waals surface area (Å²) in [7, 11) is 0. The Hall–Kier alpha value is -1.25. The summed E-state index contributed by atoms with van der Waals surface area (Å²) in [6.45, 7) is 4.22. The SMILES string of the molecule is C[C@]12CCC(=O)C=C1CC[C@@H]1[C@H]2C(=O)C[C@@]2(C)C(=O)CC[C@@H]12. The number of carbonyl (C=O) groups excluding carboxylic acids is 3. The van der Waals surface area contributed by atoms with E-state index in [1.165, 1.54) is 5.57 Å². The van der Waals surface area contributed by atoms with Gasteiger partial charge in [0, 0.05) is 30.6 Å². The van der Waals surface area contributed by atoms with Gasteiger partial charge in [-0.25, -0.2) is 0 Å². The third kappa shape index (κ3) is 1.65. The van der Waals surface area contributed by atoms with Crippen molar-refractivity contribution in [1.82, 2.24) is 0 Å². The standard InChI is InChI=1S/C19H24O3/c1-18-8-7-12(20)9-11(18)3-4-13-14-5-6-16(22)19(14,2)10-15(21)17(13)18/h9,13-14,17H,3-8,10H2,1-2H3/t13-,14-,17-,18-,19+/m0/s1. The second-order valence-electron chi connectivity index (χ2n) is 8.36. The van der Waals surface area contributed by atoms with E-state index in [0.29, 0.717) is 36.9 Å². The lowest BCUT2D eigenvalue weighted by molar-refractivity contribution is -0.149. The monoisotopic (exact) mass is 300 g/mol. The van der Waals surface area contributed by atoms with Crippen LogP contribution in [0.1, 0.15) is 58.8 Å². The van der Waals surface area contributed by atoms with Crippen LogP contribution >= 0.6 is 0 Å². The Morgan fingerprint density at radius 2 is 1.77 bits per heavy atom. The van der Waals surface area contributed by atoms with E-state index in [1.807, 2.05) is 13.0 Å². The molecule has 4 rings (SSSR count). The van der Waals surface area contributed by atoms with Crippen molar-refractivity contribution < 1.29 is 14.4 Å². The summed E-state index contributed by atoms with van der Waals surface area (Å²) < 4.78 is 0. The highest BCUT2D eigenvalue weighted by Gasteiger charge is 2.62. The van der Waals surface area contributed by atoms with Gasteiger partial charge in [-0.15, -0.1) is 0 Å². The van der Waals surface area contributed by atoms with Crippen LogP contribution in [-0.4, -0.2) is 17.3 Å². The smallest absolute Gasteiger partial charge is 0.155 e. The van der Waals surface area contributed by atoms with Crippen LogP contribution in [0.3, 0.4) is 0 Å². The Labute approximate surface area is 131 Å². The van der Waals surface area contributed by atoms with Crippen molar-refractivity contribution in [1.29, 1.82) is 0 Å². The number of hydrogen-bond acceptors (Lipinski definition) is 3. The van der Waals surface area contributed by atoms with Crippen molar-refractivity contribution in [3.05, 3.63) is 11.6 Å². The molecule has 3 fully saturated rings. The second kappa shape index (κ2) is 4.39. The molecule has 0 spiro atoms. The van der Waals surface area contributed by atoms with Crippen LogP contribution in [0.15, 0.2) is 11.6 Å². The van der Waals surface area contributed by atoms with E-state index in [4.69, 9.17) is 0 Å². The first-order valence-corrected chi connectivity index (χ1v) is 8.66. The predicted molar refractivity (Wildman–Crippen MR) is 82.1 cm³/mol. The van der Waals surface area contributed by atoms with E-state index in [1.54, 1.807) is 0 Å². The molecule has 0 aromatic carbocycles. The molecule has 0 radical (unpaired) electrons. The van der Waals surface area contributed by atoms with Crippen LogP contribution in [0.25, 0.3) is 0 Å². The average Bonchev–Trinajstić information content (AvgIpc) is 2.75. The second-order valence-corrected chi connectivity index (χ2v) is 8.36. The van der Waals surface area contributed by atoms with Crippen molar-refractivity contribution in [2.24, 2.45) is 28.6 Å². The lowest BCUT2D eigenvalue weighted by Crippen LogP contribution is -2.55. The zero-order valence-electron chi connectivity index (χ0n) is 13.5. The first kappa shape index (κ1) is 14.3. The summed E-state index contributed by atoms with van der Waals surface area (Å²) >= 11 is 0. The van der Waals surface area contributed by atoms with Gasteiger partial charge >= 0.3 is 0 Å². The Bertz CT molecular complexity index is 616. The molecule has 0 heterocycles. The van der Waals surface area contributed by atoms with Gasteiger partial charge in [-0.1, -0.05) is 19.4 Å². The molecule has 0 N–H and O–H groups in total. The Morgan fingerprint density at radius 3 is 2.55 bits per heavy atom.